The van der Waals surface area contributed by atoms with Crippen molar-refractivity contribution < 1.29 is 28.6 Å². The first-order valence-electron chi connectivity index (χ1n) is 21.0. The van der Waals surface area contributed by atoms with Crippen LogP contribution in [0, 0.1) is 0 Å². The molecule has 0 radical (unpaired) electrons. The van der Waals surface area contributed by atoms with Crippen LogP contribution in [0.25, 0.3) is 0 Å². The molecule has 0 aromatic heterocycles. The number of benzene rings is 3. The van der Waals surface area contributed by atoms with Crippen LogP contribution in [0.1, 0.15) is 129 Å². The van der Waals surface area contributed by atoms with Crippen LogP contribution < -0.4 is 30.2 Å². The summed E-state index contributed by atoms with van der Waals surface area (Å²) in [6, 6.07) is 21.3. The molecule has 3 aromatic carbocycles. The third-order valence-corrected chi connectivity index (χ3v) is 9.22. The molecule has 0 saturated carbocycles. The number of hydrogen-bond acceptors (Lipinski definition) is 9. The van der Waals surface area contributed by atoms with Crippen molar-refractivity contribution in [3.63, 3.8) is 0 Å². The van der Waals surface area contributed by atoms with Crippen LogP contribution in [0.4, 0.5) is 0 Å². The first kappa shape index (κ1) is 46.1. The van der Waals surface area contributed by atoms with E-state index in [1.165, 1.54) is 56.8 Å². The van der Waals surface area contributed by atoms with E-state index < -0.39 is 0 Å². The number of rotatable bonds is 32. The number of ether oxygens (including phenoxy) is 3. The third kappa shape index (κ3) is 19.9. The second-order valence-electron chi connectivity index (χ2n) is 14.1. The van der Waals surface area contributed by atoms with Gasteiger partial charge in [-0.1, -0.05) is 78.6 Å². The molecular formula is C48H65N3O6. The lowest BCUT2D eigenvalue weighted by Crippen LogP contribution is -2.41. The standard InChI is InChI=1S/C48H65N3O6/c1-4-7-10-13-34-55-43-22-16-39(17-23-43)46(52)28-31-49-37-42(51-33-30-48(54)41-20-26-45(27-21-41)57-36-15-12-9-6-3)38-50-32-29-47(53)40-18-24-44(25-19-40)56-35-14-11-8-5-2/h16-33,42,49-51H,4-15,34-38H2,1-3H3/b31-28-,32-29-,33-30-. The summed E-state index contributed by atoms with van der Waals surface area (Å²) in [7, 11) is 0. The molecule has 0 aliphatic heterocycles. The van der Waals surface area contributed by atoms with Crippen molar-refractivity contribution in [2.24, 2.45) is 0 Å². The van der Waals surface area contributed by atoms with E-state index in [-0.39, 0.29) is 23.4 Å². The lowest BCUT2D eigenvalue weighted by Gasteiger charge is -2.17. The Labute approximate surface area is 341 Å². The van der Waals surface area contributed by atoms with Crippen LogP contribution in [0.15, 0.2) is 110 Å². The summed E-state index contributed by atoms with van der Waals surface area (Å²) in [5, 5.41) is 9.64. The van der Waals surface area contributed by atoms with E-state index in [1.54, 1.807) is 55.0 Å². The largest absolute Gasteiger partial charge is 0.494 e. The van der Waals surface area contributed by atoms with Crippen molar-refractivity contribution in [2.45, 2.75) is 104 Å². The Kier molecular flexibility index (Phi) is 23.4. The van der Waals surface area contributed by atoms with Gasteiger partial charge in [-0.2, -0.15) is 0 Å². The van der Waals surface area contributed by atoms with Crippen molar-refractivity contribution in [3.8, 4) is 17.2 Å². The monoisotopic (exact) mass is 779 g/mol. The van der Waals surface area contributed by atoms with E-state index in [2.05, 4.69) is 36.7 Å². The fourth-order valence-corrected chi connectivity index (χ4v) is 5.73. The van der Waals surface area contributed by atoms with E-state index in [0.29, 0.717) is 49.6 Å². The third-order valence-electron chi connectivity index (χ3n) is 9.22. The minimum Gasteiger partial charge on any atom is -0.494 e. The lowest BCUT2D eigenvalue weighted by molar-refractivity contribution is 0.103. The molecule has 0 heterocycles. The van der Waals surface area contributed by atoms with Gasteiger partial charge in [-0.3, -0.25) is 14.4 Å². The van der Waals surface area contributed by atoms with Crippen molar-refractivity contribution in [3.05, 3.63) is 126 Å². The van der Waals surface area contributed by atoms with Gasteiger partial charge in [0, 0.05) is 66.6 Å². The van der Waals surface area contributed by atoms with Gasteiger partial charge in [0.1, 0.15) is 17.2 Å². The molecule has 3 N–H and O–H groups in total. The molecule has 0 saturated heterocycles. The molecule has 0 unspecified atom stereocenters. The summed E-state index contributed by atoms with van der Waals surface area (Å²) in [6.45, 7) is 9.39. The lowest BCUT2D eigenvalue weighted by atomic mass is 10.1. The smallest absolute Gasteiger partial charge is 0.187 e. The Bertz CT molecular complexity index is 1570. The molecule has 9 nitrogen and oxygen atoms in total. The van der Waals surface area contributed by atoms with Gasteiger partial charge in [0.15, 0.2) is 17.3 Å². The molecule has 3 aromatic rings. The molecule has 308 valence electrons. The van der Waals surface area contributed by atoms with Crippen LogP contribution in [0.5, 0.6) is 17.2 Å². The molecule has 0 spiro atoms. The zero-order chi connectivity index (χ0) is 40.8. The first-order chi connectivity index (χ1) is 27.9. The number of ketones is 3. The zero-order valence-electron chi connectivity index (χ0n) is 34.4. The average Bonchev–Trinajstić information content (AvgIpc) is 3.23. The minimum absolute atomic E-state index is 0.133. The van der Waals surface area contributed by atoms with Gasteiger partial charge in [0.25, 0.3) is 0 Å². The van der Waals surface area contributed by atoms with E-state index in [9.17, 15) is 14.4 Å². The number of hydrogen-bond donors (Lipinski definition) is 3. The van der Waals surface area contributed by atoms with Crippen molar-refractivity contribution in [2.75, 3.05) is 32.9 Å². The number of carbonyl (C=O) groups is 3. The quantitative estimate of drug-likeness (QED) is 0.0324. The molecular weight excluding hydrogens is 715 g/mol. The highest BCUT2D eigenvalue weighted by molar-refractivity contribution is 6.05. The molecule has 0 fully saturated rings. The van der Waals surface area contributed by atoms with Crippen molar-refractivity contribution in [1.29, 1.82) is 0 Å². The highest BCUT2D eigenvalue weighted by atomic mass is 16.5. The van der Waals surface area contributed by atoms with E-state index in [4.69, 9.17) is 14.2 Å². The highest BCUT2D eigenvalue weighted by Crippen LogP contribution is 2.16. The van der Waals surface area contributed by atoms with Crippen molar-refractivity contribution in [1.82, 2.24) is 16.0 Å². The van der Waals surface area contributed by atoms with Crippen LogP contribution in [-0.2, 0) is 0 Å². The maximum atomic E-state index is 12.9. The van der Waals surface area contributed by atoms with Crippen molar-refractivity contribution >= 4 is 17.3 Å². The number of nitrogens with one attached hydrogen (secondary N) is 3. The topological polar surface area (TPSA) is 115 Å². The zero-order valence-corrected chi connectivity index (χ0v) is 34.4. The normalized spacial score (nSPS) is 11.4. The van der Waals surface area contributed by atoms with Gasteiger partial charge in [0.05, 0.1) is 25.9 Å². The van der Waals surface area contributed by atoms with Gasteiger partial charge in [0.2, 0.25) is 0 Å². The van der Waals surface area contributed by atoms with Crippen LogP contribution >= 0.6 is 0 Å². The van der Waals surface area contributed by atoms with Gasteiger partial charge >= 0.3 is 0 Å². The molecule has 9 heteroatoms. The molecule has 57 heavy (non-hydrogen) atoms. The summed E-state index contributed by atoms with van der Waals surface area (Å²) in [6.07, 6.45) is 23.0. The van der Waals surface area contributed by atoms with E-state index in [0.717, 1.165) is 55.8 Å². The summed E-state index contributed by atoms with van der Waals surface area (Å²) in [5.41, 5.74) is 1.69. The van der Waals surface area contributed by atoms with E-state index in [1.807, 2.05) is 36.4 Å². The summed E-state index contributed by atoms with van der Waals surface area (Å²) in [4.78, 5) is 38.6. The number of unbranched alkanes of at least 4 members (excludes halogenated alkanes) is 9. The van der Waals surface area contributed by atoms with Gasteiger partial charge < -0.3 is 30.2 Å². The highest BCUT2D eigenvalue weighted by Gasteiger charge is 2.08. The Balaban J connectivity index is 1.53. The first-order valence-corrected chi connectivity index (χ1v) is 21.0. The van der Waals surface area contributed by atoms with E-state index >= 15 is 0 Å². The Morgan fingerprint density at radius 2 is 0.772 bits per heavy atom. The van der Waals surface area contributed by atoms with Crippen LogP contribution in [0.3, 0.4) is 0 Å². The maximum absolute atomic E-state index is 12.9. The molecule has 0 amide bonds. The maximum Gasteiger partial charge on any atom is 0.187 e. The SMILES string of the molecule is CCCCCCOc1ccc(C(=O)/C=C\NCC(CN/C=C\C(=O)c2ccc(OCCCCCC)cc2)N/C=C\C(=O)c2ccc(OCCCCCC)cc2)cc1. The molecule has 0 aliphatic carbocycles. The Morgan fingerprint density at radius 3 is 1.09 bits per heavy atom. The van der Waals surface area contributed by atoms with Gasteiger partial charge in [-0.15, -0.1) is 0 Å². The fraction of sp³-hybridized carbons (Fsp3) is 0.438. The second-order valence-corrected chi connectivity index (χ2v) is 14.1. The number of allylic oxidation sites excluding steroid dienone is 3. The summed E-state index contributed by atoms with van der Waals surface area (Å²) >= 11 is 0. The Morgan fingerprint density at radius 1 is 0.456 bits per heavy atom. The second kappa shape index (κ2) is 29.0. The minimum atomic E-state index is -0.209. The van der Waals surface area contributed by atoms with Crippen LogP contribution in [0.2, 0.25) is 0 Å². The van der Waals surface area contributed by atoms with Gasteiger partial charge in [-0.05, 0) is 92.1 Å². The summed E-state index contributed by atoms with van der Waals surface area (Å²) in [5.74, 6) is 1.84. The summed E-state index contributed by atoms with van der Waals surface area (Å²) < 4.78 is 17.4. The Hall–Kier alpha value is -5.31. The average molecular weight is 780 g/mol. The predicted molar refractivity (Wildman–Crippen MR) is 232 cm³/mol. The predicted octanol–water partition coefficient (Wildman–Crippen LogP) is 10.2. The molecule has 0 bridgehead atoms. The van der Waals surface area contributed by atoms with Crippen LogP contribution in [-0.4, -0.2) is 56.3 Å². The molecule has 0 atom stereocenters. The van der Waals surface area contributed by atoms with Gasteiger partial charge in [-0.25, -0.2) is 0 Å². The number of carbonyl (C=O) groups excluding carboxylic acids is 3. The molecule has 3 rings (SSSR count). The molecule has 0 aliphatic rings. The fourth-order valence-electron chi connectivity index (χ4n) is 5.73.